The van der Waals surface area contributed by atoms with E-state index in [0.29, 0.717) is 0 Å². The molecule has 0 saturated carbocycles. The zero-order valence-corrected chi connectivity index (χ0v) is 8.08. The highest BCUT2D eigenvalue weighted by molar-refractivity contribution is 6.33. The minimum Gasteiger partial charge on any atom is -0.374 e. The molecule has 1 aromatic heterocycles. The largest absolute Gasteiger partial charge is 0.405 e. The summed E-state index contributed by atoms with van der Waals surface area (Å²) >= 11 is 10.9. The summed E-state index contributed by atoms with van der Waals surface area (Å²) in [4.78, 5) is 0. The van der Waals surface area contributed by atoms with Crippen molar-refractivity contribution in [3.05, 3.63) is 16.4 Å². The third-order valence-electron chi connectivity index (χ3n) is 1.20. The van der Waals surface area contributed by atoms with Crippen molar-refractivity contribution < 1.29 is 13.2 Å². The van der Waals surface area contributed by atoms with Crippen molar-refractivity contribution in [3.8, 4) is 0 Å². The lowest BCUT2D eigenvalue weighted by molar-refractivity contribution is -0.115. The maximum atomic E-state index is 11.8. The number of halogens is 5. The first-order chi connectivity index (χ1) is 6.38. The number of nitrogens with zero attached hydrogens (tertiary/aromatic N) is 2. The van der Waals surface area contributed by atoms with Crippen LogP contribution in [0, 0.1) is 0 Å². The summed E-state index contributed by atoms with van der Waals surface area (Å²) in [6.45, 7) is -1.20. The second-order valence-corrected chi connectivity index (χ2v) is 3.09. The molecule has 0 saturated heterocycles. The highest BCUT2D eigenvalue weighted by Gasteiger charge is 2.27. The molecule has 3 nitrogen and oxygen atoms in total. The van der Waals surface area contributed by atoms with E-state index in [0.717, 1.165) is 0 Å². The number of aromatic nitrogens is 2. The van der Waals surface area contributed by atoms with Crippen LogP contribution in [-0.2, 0) is 0 Å². The van der Waals surface area contributed by atoms with E-state index in [1.807, 2.05) is 5.32 Å². The summed E-state index contributed by atoms with van der Waals surface area (Å²) in [5, 5.41) is 8.55. The van der Waals surface area contributed by atoms with E-state index >= 15 is 0 Å². The van der Waals surface area contributed by atoms with E-state index in [1.54, 1.807) is 0 Å². The summed E-state index contributed by atoms with van der Waals surface area (Å²) in [5.74, 6) is 0. The summed E-state index contributed by atoms with van der Waals surface area (Å²) < 4.78 is 35.4. The van der Waals surface area contributed by atoms with Crippen LogP contribution in [0.5, 0.6) is 0 Å². The number of hydrogen-bond donors (Lipinski definition) is 1. The molecule has 0 aliphatic carbocycles. The zero-order valence-electron chi connectivity index (χ0n) is 6.57. The lowest BCUT2D eigenvalue weighted by Gasteiger charge is -2.09. The average molecular weight is 246 g/mol. The summed E-state index contributed by atoms with van der Waals surface area (Å²) in [5.41, 5.74) is 0.00370. The monoisotopic (exact) mass is 245 g/mol. The smallest absolute Gasteiger partial charge is 0.374 e. The number of nitrogens with one attached hydrogen (secondary N) is 1. The molecular formula is C6H4Cl2F3N3. The first-order valence-corrected chi connectivity index (χ1v) is 4.13. The Morgan fingerprint density at radius 2 is 1.93 bits per heavy atom. The Labute approximate surface area is 87.2 Å². The molecule has 0 fully saturated rings. The van der Waals surface area contributed by atoms with E-state index in [9.17, 15) is 13.2 Å². The van der Waals surface area contributed by atoms with Gasteiger partial charge in [0, 0.05) is 6.07 Å². The fraction of sp³-hybridized carbons (Fsp3) is 0.333. The molecule has 0 aliphatic rings. The van der Waals surface area contributed by atoms with Gasteiger partial charge in [-0.05, 0) is 0 Å². The van der Waals surface area contributed by atoms with Crippen LogP contribution in [0.3, 0.4) is 0 Å². The normalized spacial score (nSPS) is 11.5. The first-order valence-electron chi connectivity index (χ1n) is 3.38. The van der Waals surface area contributed by atoms with Crippen LogP contribution in [0.25, 0.3) is 0 Å². The van der Waals surface area contributed by atoms with Gasteiger partial charge >= 0.3 is 6.18 Å². The van der Waals surface area contributed by atoms with Gasteiger partial charge in [0.1, 0.15) is 6.54 Å². The first kappa shape index (κ1) is 11.3. The highest BCUT2D eigenvalue weighted by atomic mass is 35.5. The second-order valence-electron chi connectivity index (χ2n) is 2.34. The van der Waals surface area contributed by atoms with Gasteiger partial charge in [-0.25, -0.2) is 0 Å². The van der Waals surface area contributed by atoms with Gasteiger partial charge in [0.15, 0.2) is 10.3 Å². The molecule has 0 bridgehead atoms. The lowest BCUT2D eigenvalue weighted by atomic mass is 10.4. The molecule has 1 N–H and O–H groups in total. The van der Waals surface area contributed by atoms with Crippen LogP contribution >= 0.6 is 23.2 Å². The van der Waals surface area contributed by atoms with Crippen molar-refractivity contribution in [1.29, 1.82) is 0 Å². The highest BCUT2D eigenvalue weighted by Crippen LogP contribution is 2.23. The number of anilines is 1. The Kier molecular flexibility index (Phi) is 3.38. The number of hydrogen-bond acceptors (Lipinski definition) is 3. The summed E-state index contributed by atoms with van der Waals surface area (Å²) in [6.07, 6.45) is -4.32. The minimum absolute atomic E-state index is 0.00370. The zero-order chi connectivity index (χ0) is 10.8. The molecule has 0 aromatic carbocycles. The average Bonchev–Trinajstić information content (AvgIpc) is 2.05. The third-order valence-corrected chi connectivity index (χ3v) is 1.66. The fourth-order valence-corrected chi connectivity index (χ4v) is 0.979. The Morgan fingerprint density at radius 1 is 1.29 bits per heavy atom. The summed E-state index contributed by atoms with van der Waals surface area (Å²) in [6, 6.07) is 1.17. The van der Waals surface area contributed by atoms with E-state index in [2.05, 4.69) is 10.2 Å². The van der Waals surface area contributed by atoms with Gasteiger partial charge in [-0.1, -0.05) is 23.2 Å². The van der Waals surface area contributed by atoms with E-state index in [-0.39, 0.29) is 16.0 Å². The number of rotatable bonds is 2. The molecule has 1 aromatic rings. The third kappa shape index (κ3) is 3.55. The van der Waals surface area contributed by atoms with Crippen molar-refractivity contribution in [2.45, 2.75) is 6.18 Å². The van der Waals surface area contributed by atoms with Crippen LogP contribution in [0.2, 0.25) is 10.3 Å². The molecule has 8 heteroatoms. The molecule has 0 unspecified atom stereocenters. The van der Waals surface area contributed by atoms with Crippen LogP contribution in [0.15, 0.2) is 6.07 Å². The molecule has 0 aliphatic heterocycles. The van der Waals surface area contributed by atoms with Gasteiger partial charge in [-0.15, -0.1) is 10.2 Å². The molecule has 0 amide bonds. The molecule has 14 heavy (non-hydrogen) atoms. The fourth-order valence-electron chi connectivity index (χ4n) is 0.672. The van der Waals surface area contributed by atoms with Gasteiger partial charge < -0.3 is 5.32 Å². The van der Waals surface area contributed by atoms with Crippen LogP contribution < -0.4 is 5.32 Å². The predicted octanol–water partition coefficient (Wildman–Crippen LogP) is 2.76. The van der Waals surface area contributed by atoms with E-state index in [1.165, 1.54) is 6.07 Å². The topological polar surface area (TPSA) is 37.8 Å². The van der Waals surface area contributed by atoms with Gasteiger partial charge in [-0.3, -0.25) is 0 Å². The molecule has 1 heterocycles. The minimum atomic E-state index is -4.32. The lowest BCUT2D eigenvalue weighted by Crippen LogP contribution is -2.21. The molecule has 0 radical (unpaired) electrons. The molecule has 0 spiro atoms. The Bertz CT molecular complexity index is 329. The Morgan fingerprint density at radius 3 is 2.50 bits per heavy atom. The summed E-state index contributed by atoms with van der Waals surface area (Å²) in [7, 11) is 0. The van der Waals surface area contributed by atoms with Gasteiger partial charge in [0.2, 0.25) is 0 Å². The van der Waals surface area contributed by atoms with Crippen molar-refractivity contribution >= 4 is 28.9 Å². The van der Waals surface area contributed by atoms with Crippen molar-refractivity contribution in [3.63, 3.8) is 0 Å². The Balaban J connectivity index is 2.72. The van der Waals surface area contributed by atoms with Gasteiger partial charge in [0.25, 0.3) is 0 Å². The Hall–Kier alpha value is -0.750. The number of alkyl halides is 3. The van der Waals surface area contributed by atoms with Gasteiger partial charge in [0.05, 0.1) is 5.69 Å². The second kappa shape index (κ2) is 4.18. The molecule has 0 atom stereocenters. The van der Waals surface area contributed by atoms with E-state index in [4.69, 9.17) is 23.2 Å². The molecule has 78 valence electrons. The maximum Gasteiger partial charge on any atom is 0.405 e. The van der Waals surface area contributed by atoms with Crippen LogP contribution in [-0.4, -0.2) is 22.9 Å². The molecular weight excluding hydrogens is 242 g/mol. The maximum absolute atomic E-state index is 11.8. The standard InChI is InChI=1S/C6H4Cl2F3N3/c7-4-1-3(5(8)14-13-4)12-2-6(9,10)11/h1H,2H2,(H,12,13). The van der Waals surface area contributed by atoms with Crippen molar-refractivity contribution in [2.75, 3.05) is 11.9 Å². The van der Waals surface area contributed by atoms with Crippen molar-refractivity contribution in [2.24, 2.45) is 0 Å². The van der Waals surface area contributed by atoms with Crippen LogP contribution in [0.4, 0.5) is 18.9 Å². The quantitative estimate of drug-likeness (QED) is 0.871. The molecule has 1 rings (SSSR count). The predicted molar refractivity (Wildman–Crippen MR) is 46.6 cm³/mol. The van der Waals surface area contributed by atoms with Crippen LogP contribution in [0.1, 0.15) is 0 Å². The van der Waals surface area contributed by atoms with Crippen molar-refractivity contribution in [1.82, 2.24) is 10.2 Å². The SMILES string of the molecule is FC(F)(F)CNc1cc(Cl)nnc1Cl. The van der Waals surface area contributed by atoms with Gasteiger partial charge in [-0.2, -0.15) is 13.2 Å². The van der Waals surface area contributed by atoms with E-state index < -0.39 is 12.7 Å².